The van der Waals surface area contributed by atoms with Crippen molar-refractivity contribution in [3.05, 3.63) is 23.8 Å². The summed E-state index contributed by atoms with van der Waals surface area (Å²) in [4.78, 5) is 0. The van der Waals surface area contributed by atoms with E-state index in [4.69, 9.17) is 0 Å². The van der Waals surface area contributed by atoms with Crippen molar-refractivity contribution in [3.8, 4) is 0 Å². The molecule has 0 N–H and O–H groups in total. The van der Waals surface area contributed by atoms with E-state index in [0.717, 1.165) is 17.9 Å². The van der Waals surface area contributed by atoms with E-state index in [1.54, 1.807) is 0 Å². The normalized spacial score (nSPS) is 24.6. The predicted octanol–water partition coefficient (Wildman–Crippen LogP) is 2.35. The van der Waals surface area contributed by atoms with Gasteiger partial charge in [0.2, 0.25) is 0 Å². The summed E-state index contributed by atoms with van der Waals surface area (Å²) in [7, 11) is 0. The molecule has 0 spiro atoms. The van der Waals surface area contributed by atoms with Crippen LogP contribution in [0.5, 0.6) is 0 Å². The number of allylic oxidation sites excluding steroid dienone is 3. The first-order chi connectivity index (χ1) is 4.86. The van der Waals surface area contributed by atoms with Gasteiger partial charge in [-0.1, -0.05) is 18.2 Å². The third kappa shape index (κ3) is 2.10. The Morgan fingerprint density at radius 1 is 1.50 bits per heavy atom. The highest BCUT2D eigenvalue weighted by Gasteiger charge is 2.04. The maximum Gasteiger partial charge on any atom is 0.0150 e. The Kier molecular flexibility index (Phi) is 3.43. The number of hydrogen-bond donors (Lipinski definition) is 2. The largest absolute Gasteiger partial charge is 0.179 e. The molecule has 0 radical (unpaired) electrons. The first-order valence-electron chi connectivity index (χ1n) is 3.45. The molecule has 0 amide bonds. The zero-order valence-corrected chi connectivity index (χ0v) is 7.61. The molecule has 1 atom stereocenters. The van der Waals surface area contributed by atoms with Crippen LogP contribution in [0.15, 0.2) is 23.8 Å². The molecule has 2 heteroatoms. The molecule has 0 fully saturated rings. The Labute approximate surface area is 73.2 Å². The SMILES string of the molecule is SCC1=CCC(CS)C=C1. The van der Waals surface area contributed by atoms with Gasteiger partial charge in [-0.3, -0.25) is 0 Å². The topological polar surface area (TPSA) is 0 Å². The predicted molar refractivity (Wildman–Crippen MR) is 53.0 cm³/mol. The molecule has 1 aliphatic rings. The van der Waals surface area contributed by atoms with Gasteiger partial charge < -0.3 is 0 Å². The summed E-state index contributed by atoms with van der Waals surface area (Å²) >= 11 is 8.41. The van der Waals surface area contributed by atoms with Crippen molar-refractivity contribution in [1.82, 2.24) is 0 Å². The molecule has 0 heterocycles. The molecule has 0 saturated carbocycles. The molecule has 0 bridgehead atoms. The highest BCUT2D eigenvalue weighted by molar-refractivity contribution is 7.80. The lowest BCUT2D eigenvalue weighted by Gasteiger charge is -2.11. The molecule has 10 heavy (non-hydrogen) atoms. The molecule has 0 saturated heterocycles. The lowest BCUT2D eigenvalue weighted by Crippen LogP contribution is -2.01. The molecule has 0 aromatic rings. The second-order valence-electron chi connectivity index (χ2n) is 2.47. The van der Waals surface area contributed by atoms with E-state index in [1.165, 1.54) is 5.57 Å². The van der Waals surface area contributed by atoms with E-state index < -0.39 is 0 Å². The van der Waals surface area contributed by atoms with Crippen molar-refractivity contribution in [1.29, 1.82) is 0 Å². The molecule has 0 aromatic carbocycles. The fourth-order valence-corrected chi connectivity index (χ4v) is 1.47. The van der Waals surface area contributed by atoms with Gasteiger partial charge in [-0.2, -0.15) is 25.3 Å². The van der Waals surface area contributed by atoms with Crippen LogP contribution in [-0.2, 0) is 0 Å². The van der Waals surface area contributed by atoms with Crippen LogP contribution in [-0.4, -0.2) is 11.5 Å². The van der Waals surface area contributed by atoms with Crippen LogP contribution in [0.4, 0.5) is 0 Å². The summed E-state index contributed by atoms with van der Waals surface area (Å²) in [6.07, 6.45) is 7.75. The number of thiol groups is 2. The highest BCUT2D eigenvalue weighted by Crippen LogP contribution is 2.17. The highest BCUT2D eigenvalue weighted by atomic mass is 32.1. The molecular formula is C8H12S2. The van der Waals surface area contributed by atoms with Crippen molar-refractivity contribution in [3.63, 3.8) is 0 Å². The number of rotatable bonds is 2. The first-order valence-corrected chi connectivity index (χ1v) is 4.72. The minimum Gasteiger partial charge on any atom is -0.179 e. The Morgan fingerprint density at radius 2 is 2.30 bits per heavy atom. The zero-order chi connectivity index (χ0) is 7.40. The van der Waals surface area contributed by atoms with Crippen LogP contribution < -0.4 is 0 Å². The van der Waals surface area contributed by atoms with Crippen molar-refractivity contribution in [2.24, 2.45) is 5.92 Å². The lowest BCUT2D eigenvalue weighted by atomic mass is 9.99. The molecule has 1 aliphatic carbocycles. The summed E-state index contributed by atoms with van der Waals surface area (Å²) in [5.74, 6) is 2.45. The van der Waals surface area contributed by atoms with E-state index in [-0.39, 0.29) is 0 Å². The van der Waals surface area contributed by atoms with Crippen molar-refractivity contribution in [2.75, 3.05) is 11.5 Å². The Bertz CT molecular complexity index is 159. The second kappa shape index (κ2) is 4.14. The van der Waals surface area contributed by atoms with E-state index in [9.17, 15) is 0 Å². The summed E-state index contributed by atoms with van der Waals surface area (Å²) in [6, 6.07) is 0. The van der Waals surface area contributed by atoms with Gasteiger partial charge in [-0.15, -0.1) is 0 Å². The third-order valence-corrected chi connectivity index (χ3v) is 2.52. The fraction of sp³-hybridized carbons (Fsp3) is 0.500. The summed E-state index contributed by atoms with van der Waals surface area (Å²) in [6.45, 7) is 0. The monoisotopic (exact) mass is 172 g/mol. The van der Waals surface area contributed by atoms with Gasteiger partial charge in [-0.25, -0.2) is 0 Å². The molecule has 1 rings (SSSR count). The van der Waals surface area contributed by atoms with Crippen molar-refractivity contribution >= 4 is 25.3 Å². The Hall–Kier alpha value is 0.180. The minimum atomic E-state index is 0.645. The van der Waals surface area contributed by atoms with Crippen molar-refractivity contribution < 1.29 is 0 Å². The average molecular weight is 172 g/mol. The van der Waals surface area contributed by atoms with Crippen LogP contribution in [0.3, 0.4) is 0 Å². The van der Waals surface area contributed by atoms with Crippen LogP contribution in [0, 0.1) is 5.92 Å². The zero-order valence-electron chi connectivity index (χ0n) is 5.83. The quantitative estimate of drug-likeness (QED) is 0.587. The van der Waals surface area contributed by atoms with Gasteiger partial charge in [0.05, 0.1) is 0 Å². The smallest absolute Gasteiger partial charge is 0.0150 e. The van der Waals surface area contributed by atoms with Gasteiger partial charge >= 0.3 is 0 Å². The molecule has 0 aromatic heterocycles. The molecule has 56 valence electrons. The second-order valence-corrected chi connectivity index (χ2v) is 3.16. The standard InChI is InChI=1S/C8H12S2/c9-5-7-1-2-8(6-10)4-3-7/h1-3,8-10H,4-6H2. The summed E-state index contributed by atoms with van der Waals surface area (Å²) in [5, 5.41) is 0. The molecule has 0 nitrogen and oxygen atoms in total. The van der Waals surface area contributed by atoms with Crippen LogP contribution in [0.25, 0.3) is 0 Å². The molecular weight excluding hydrogens is 160 g/mol. The van der Waals surface area contributed by atoms with Crippen LogP contribution in [0.1, 0.15) is 6.42 Å². The van der Waals surface area contributed by atoms with Crippen LogP contribution in [0.2, 0.25) is 0 Å². The Morgan fingerprint density at radius 3 is 2.70 bits per heavy atom. The van der Waals surface area contributed by atoms with Crippen LogP contribution >= 0.6 is 25.3 Å². The average Bonchev–Trinajstić information content (AvgIpc) is 2.05. The molecule has 1 unspecified atom stereocenters. The van der Waals surface area contributed by atoms with E-state index >= 15 is 0 Å². The van der Waals surface area contributed by atoms with E-state index in [1.807, 2.05) is 0 Å². The summed E-state index contributed by atoms with van der Waals surface area (Å²) in [5.41, 5.74) is 1.33. The third-order valence-electron chi connectivity index (χ3n) is 1.68. The number of hydrogen-bond acceptors (Lipinski definition) is 2. The lowest BCUT2D eigenvalue weighted by molar-refractivity contribution is 0.746. The van der Waals surface area contributed by atoms with Gasteiger partial charge in [0.15, 0.2) is 0 Å². The minimum absolute atomic E-state index is 0.645. The Balaban J connectivity index is 2.46. The molecule has 0 aliphatic heterocycles. The maximum atomic E-state index is 4.22. The van der Waals surface area contributed by atoms with E-state index in [2.05, 4.69) is 43.5 Å². The maximum absolute atomic E-state index is 4.22. The van der Waals surface area contributed by atoms with Gasteiger partial charge in [0.25, 0.3) is 0 Å². The summed E-state index contributed by atoms with van der Waals surface area (Å²) < 4.78 is 0. The van der Waals surface area contributed by atoms with Gasteiger partial charge in [0.1, 0.15) is 0 Å². The van der Waals surface area contributed by atoms with Gasteiger partial charge in [-0.05, 0) is 23.7 Å². The van der Waals surface area contributed by atoms with Gasteiger partial charge in [0, 0.05) is 5.75 Å². The fourth-order valence-electron chi connectivity index (χ4n) is 0.962. The van der Waals surface area contributed by atoms with E-state index in [0.29, 0.717) is 5.92 Å². The first kappa shape index (κ1) is 8.28. The van der Waals surface area contributed by atoms with Crippen molar-refractivity contribution in [2.45, 2.75) is 6.42 Å².